The Morgan fingerprint density at radius 1 is 1.28 bits per heavy atom. The van der Waals surface area contributed by atoms with Crippen molar-refractivity contribution in [3.8, 4) is 0 Å². The van der Waals surface area contributed by atoms with Gasteiger partial charge >= 0.3 is 5.97 Å². The Balaban J connectivity index is 1.62. The summed E-state index contributed by atoms with van der Waals surface area (Å²) < 4.78 is 28.7. The van der Waals surface area contributed by atoms with Crippen LogP contribution in [-0.4, -0.2) is 67.8 Å². The van der Waals surface area contributed by atoms with Crippen LogP contribution in [0.2, 0.25) is 0 Å². The molecular weight excluding hydrogens is 396 g/mol. The fourth-order valence-electron chi connectivity index (χ4n) is 3.83. The van der Waals surface area contributed by atoms with Crippen molar-refractivity contribution in [3.05, 3.63) is 29.8 Å². The van der Waals surface area contributed by atoms with E-state index in [1.54, 1.807) is 36.1 Å². The molecule has 8 nitrogen and oxygen atoms in total. The number of nitrogens with zero attached hydrogens (tertiary/aromatic N) is 2. The molecule has 1 aromatic carbocycles. The van der Waals surface area contributed by atoms with E-state index in [4.69, 9.17) is 4.74 Å². The molecule has 0 saturated carbocycles. The summed E-state index contributed by atoms with van der Waals surface area (Å²) in [5.41, 5.74) is 1.01. The summed E-state index contributed by atoms with van der Waals surface area (Å²) in [7, 11) is -3.12. The summed E-state index contributed by atoms with van der Waals surface area (Å²) in [6.45, 7) is 4.27. The van der Waals surface area contributed by atoms with E-state index in [9.17, 15) is 22.8 Å². The molecule has 9 heteroatoms. The lowest BCUT2D eigenvalue weighted by atomic mass is 10.2. The smallest absolute Gasteiger partial charge is 0.338 e. The van der Waals surface area contributed by atoms with E-state index in [2.05, 4.69) is 0 Å². The van der Waals surface area contributed by atoms with Crippen LogP contribution in [0.1, 0.15) is 43.5 Å². The minimum absolute atomic E-state index is 0.0517. The van der Waals surface area contributed by atoms with Crippen LogP contribution in [-0.2, 0) is 24.2 Å². The van der Waals surface area contributed by atoms with E-state index in [0.717, 1.165) is 12.1 Å². The molecule has 158 valence electrons. The van der Waals surface area contributed by atoms with Crippen molar-refractivity contribution in [3.63, 3.8) is 0 Å². The van der Waals surface area contributed by atoms with Crippen molar-refractivity contribution in [2.45, 2.75) is 45.3 Å². The van der Waals surface area contributed by atoms with Crippen LogP contribution in [0.4, 0.5) is 5.69 Å². The van der Waals surface area contributed by atoms with Gasteiger partial charge in [-0.15, -0.1) is 0 Å². The van der Waals surface area contributed by atoms with Gasteiger partial charge in [0.2, 0.25) is 5.91 Å². The molecule has 2 aliphatic heterocycles. The Kier molecular flexibility index (Phi) is 6.26. The number of amides is 2. The van der Waals surface area contributed by atoms with Gasteiger partial charge in [0.25, 0.3) is 5.91 Å². The van der Waals surface area contributed by atoms with Crippen molar-refractivity contribution >= 4 is 33.3 Å². The normalized spacial score (nSPS) is 21.8. The number of hydrogen-bond acceptors (Lipinski definition) is 6. The molecule has 29 heavy (non-hydrogen) atoms. The van der Waals surface area contributed by atoms with E-state index in [1.807, 2.05) is 0 Å². The largest absolute Gasteiger partial charge is 0.449 e. The number of carbonyl (C=O) groups is 3. The number of rotatable bonds is 6. The standard InChI is InChI=1S/C20H26N2O6S/c1-3-21(17-10-12-29(26,27)13-17)19(24)14(2)28-20(25)15-6-8-16(9-7-15)22-11-4-5-18(22)23/h6-9,14,17H,3-5,10-13H2,1-2H3. The van der Waals surface area contributed by atoms with Gasteiger partial charge < -0.3 is 14.5 Å². The molecule has 2 fully saturated rings. The highest BCUT2D eigenvalue weighted by Gasteiger charge is 2.36. The molecule has 2 atom stereocenters. The summed E-state index contributed by atoms with van der Waals surface area (Å²) >= 11 is 0. The number of benzene rings is 1. The van der Waals surface area contributed by atoms with Gasteiger partial charge in [-0.25, -0.2) is 13.2 Å². The molecule has 2 unspecified atom stereocenters. The Hall–Kier alpha value is -2.42. The van der Waals surface area contributed by atoms with Crippen LogP contribution in [0.3, 0.4) is 0 Å². The SMILES string of the molecule is CCN(C(=O)C(C)OC(=O)c1ccc(N2CCCC2=O)cc1)C1CCS(=O)(=O)C1. The summed E-state index contributed by atoms with van der Waals surface area (Å²) in [6, 6.07) is 6.14. The van der Waals surface area contributed by atoms with Gasteiger partial charge in [-0.3, -0.25) is 9.59 Å². The van der Waals surface area contributed by atoms with E-state index >= 15 is 0 Å². The highest BCUT2D eigenvalue weighted by molar-refractivity contribution is 7.91. The van der Waals surface area contributed by atoms with Gasteiger partial charge in [-0.1, -0.05) is 0 Å². The molecular formula is C20H26N2O6S. The van der Waals surface area contributed by atoms with Crippen LogP contribution in [0.15, 0.2) is 24.3 Å². The Labute approximate surface area is 170 Å². The zero-order chi connectivity index (χ0) is 21.2. The van der Waals surface area contributed by atoms with Gasteiger partial charge in [0.05, 0.1) is 17.1 Å². The summed E-state index contributed by atoms with van der Waals surface area (Å²) in [4.78, 5) is 40.1. The molecule has 0 bridgehead atoms. The maximum absolute atomic E-state index is 12.7. The van der Waals surface area contributed by atoms with Crippen molar-refractivity contribution in [1.29, 1.82) is 0 Å². The van der Waals surface area contributed by atoms with Gasteiger partial charge in [0.1, 0.15) is 0 Å². The molecule has 0 N–H and O–H groups in total. The van der Waals surface area contributed by atoms with Crippen molar-refractivity contribution < 1.29 is 27.5 Å². The zero-order valence-electron chi connectivity index (χ0n) is 16.7. The molecule has 3 rings (SSSR count). The molecule has 2 saturated heterocycles. The van der Waals surface area contributed by atoms with E-state index < -0.39 is 27.8 Å². The lowest BCUT2D eigenvalue weighted by Gasteiger charge is -2.29. The minimum atomic E-state index is -3.12. The van der Waals surface area contributed by atoms with Crippen molar-refractivity contribution in [2.24, 2.45) is 0 Å². The van der Waals surface area contributed by atoms with Gasteiger partial charge in [-0.2, -0.15) is 0 Å². The van der Waals surface area contributed by atoms with Crippen LogP contribution in [0, 0.1) is 0 Å². The molecule has 2 aliphatic rings. The second-order valence-corrected chi connectivity index (χ2v) is 9.65. The van der Waals surface area contributed by atoms with Gasteiger partial charge in [0, 0.05) is 31.2 Å². The van der Waals surface area contributed by atoms with E-state index in [0.29, 0.717) is 25.9 Å². The zero-order valence-corrected chi connectivity index (χ0v) is 17.5. The second-order valence-electron chi connectivity index (χ2n) is 7.42. The van der Waals surface area contributed by atoms with Crippen LogP contribution < -0.4 is 4.90 Å². The average molecular weight is 423 g/mol. The summed E-state index contributed by atoms with van der Waals surface area (Å²) in [5, 5.41) is 0. The molecule has 1 aromatic rings. The van der Waals surface area contributed by atoms with Crippen LogP contribution in [0.5, 0.6) is 0 Å². The van der Waals surface area contributed by atoms with Crippen LogP contribution >= 0.6 is 0 Å². The molecule has 0 spiro atoms. The number of esters is 1. The number of anilines is 1. The van der Waals surface area contributed by atoms with Gasteiger partial charge in [0.15, 0.2) is 15.9 Å². The van der Waals surface area contributed by atoms with Gasteiger partial charge in [-0.05, 0) is 51.0 Å². The highest BCUT2D eigenvalue weighted by atomic mass is 32.2. The predicted octanol–water partition coefficient (Wildman–Crippen LogP) is 1.39. The number of ether oxygens (including phenoxy) is 1. The molecule has 0 radical (unpaired) electrons. The third-order valence-corrected chi connectivity index (χ3v) is 7.14. The third kappa shape index (κ3) is 4.77. The van der Waals surface area contributed by atoms with Crippen molar-refractivity contribution in [2.75, 3.05) is 29.5 Å². The number of likely N-dealkylation sites (N-methyl/N-ethyl adjacent to an activating group) is 1. The Bertz CT molecular complexity index is 896. The second kappa shape index (κ2) is 8.52. The predicted molar refractivity (Wildman–Crippen MR) is 107 cm³/mol. The topological polar surface area (TPSA) is 101 Å². The first kappa shape index (κ1) is 21.3. The monoisotopic (exact) mass is 422 g/mol. The first-order valence-electron chi connectivity index (χ1n) is 9.84. The molecule has 0 aromatic heterocycles. The first-order chi connectivity index (χ1) is 13.7. The quantitative estimate of drug-likeness (QED) is 0.642. The fourth-order valence-corrected chi connectivity index (χ4v) is 5.56. The summed E-state index contributed by atoms with van der Waals surface area (Å²) in [6.07, 6.45) is 0.725. The lowest BCUT2D eigenvalue weighted by Crippen LogP contribution is -2.46. The van der Waals surface area contributed by atoms with E-state index in [1.165, 1.54) is 11.8 Å². The van der Waals surface area contributed by atoms with E-state index in [-0.39, 0.29) is 29.0 Å². The third-order valence-electron chi connectivity index (χ3n) is 5.39. The molecule has 2 amide bonds. The molecule has 2 heterocycles. The minimum Gasteiger partial charge on any atom is -0.449 e. The summed E-state index contributed by atoms with van der Waals surface area (Å²) in [5.74, 6) is -0.957. The maximum atomic E-state index is 12.7. The van der Waals surface area contributed by atoms with Crippen LogP contribution in [0.25, 0.3) is 0 Å². The maximum Gasteiger partial charge on any atom is 0.338 e. The Morgan fingerprint density at radius 3 is 2.48 bits per heavy atom. The number of hydrogen-bond donors (Lipinski definition) is 0. The Morgan fingerprint density at radius 2 is 1.97 bits per heavy atom. The number of carbonyl (C=O) groups excluding carboxylic acids is 3. The number of sulfone groups is 1. The van der Waals surface area contributed by atoms with Crippen molar-refractivity contribution in [1.82, 2.24) is 4.90 Å². The average Bonchev–Trinajstić information content (AvgIpc) is 3.27. The lowest BCUT2D eigenvalue weighted by molar-refractivity contribution is -0.141. The fraction of sp³-hybridized carbons (Fsp3) is 0.550. The first-order valence-corrected chi connectivity index (χ1v) is 11.7. The highest BCUT2D eigenvalue weighted by Crippen LogP contribution is 2.22. The molecule has 0 aliphatic carbocycles.